The molecule has 2 fully saturated rings. The van der Waals surface area contributed by atoms with Crippen molar-refractivity contribution in [3.8, 4) is 0 Å². The Morgan fingerprint density at radius 3 is 2.16 bits per heavy atom. The van der Waals surface area contributed by atoms with Gasteiger partial charge in [-0.2, -0.15) is 26.3 Å². The van der Waals surface area contributed by atoms with Crippen molar-refractivity contribution in [1.82, 2.24) is 9.88 Å². The lowest BCUT2D eigenvalue weighted by atomic mass is 9.84. The summed E-state index contributed by atoms with van der Waals surface area (Å²) in [6, 6.07) is 4.45. The van der Waals surface area contributed by atoms with Crippen molar-refractivity contribution in [2.45, 2.75) is 63.9 Å². The lowest BCUT2D eigenvalue weighted by molar-refractivity contribution is -0.200. The number of rotatable bonds is 5. The molecule has 0 radical (unpaired) electrons. The SMILES string of the molecule is Cc1ccc(CN2CC3(CC(OCc4csc(C)n4)CCO3)C2)s1.O=C(O)C(F)(F)F.O=C(O)C(F)(F)F. The Morgan fingerprint density at radius 2 is 1.71 bits per heavy atom. The first kappa shape index (κ1) is 31.9. The lowest BCUT2D eigenvalue weighted by Gasteiger charge is -2.53. The number of carboxylic acid groups (broad SMARTS) is 2. The maximum atomic E-state index is 10.6. The van der Waals surface area contributed by atoms with Gasteiger partial charge in [0, 0.05) is 47.8 Å². The molecule has 2 aliphatic rings. The van der Waals surface area contributed by atoms with Crippen LogP contribution in [0.4, 0.5) is 26.3 Å². The average Bonchev–Trinajstić information content (AvgIpc) is 3.38. The third-order valence-corrected chi connectivity index (χ3v) is 7.07. The summed E-state index contributed by atoms with van der Waals surface area (Å²) in [5, 5.41) is 17.5. The summed E-state index contributed by atoms with van der Waals surface area (Å²) in [6.07, 6.45) is -7.86. The third kappa shape index (κ3) is 10.5. The van der Waals surface area contributed by atoms with Gasteiger partial charge in [-0.1, -0.05) is 0 Å². The summed E-state index contributed by atoms with van der Waals surface area (Å²) in [4.78, 5) is 27.6. The van der Waals surface area contributed by atoms with Gasteiger partial charge >= 0.3 is 24.3 Å². The molecule has 0 aromatic carbocycles. The number of ether oxygens (including phenoxy) is 2. The number of hydrogen-bond acceptors (Lipinski definition) is 8. The van der Waals surface area contributed by atoms with Crippen LogP contribution >= 0.6 is 22.7 Å². The first-order valence-electron chi connectivity index (χ1n) is 11.0. The maximum Gasteiger partial charge on any atom is 0.490 e. The van der Waals surface area contributed by atoms with E-state index >= 15 is 0 Å². The molecule has 2 N–H and O–H groups in total. The van der Waals surface area contributed by atoms with Crippen LogP contribution in [0.15, 0.2) is 17.5 Å². The average molecular weight is 593 g/mol. The monoisotopic (exact) mass is 592 g/mol. The Labute approximate surface area is 221 Å². The number of aromatic nitrogens is 1. The van der Waals surface area contributed by atoms with E-state index in [0.717, 1.165) is 49.8 Å². The fraction of sp³-hybridized carbons (Fsp3) is 0.591. The van der Waals surface area contributed by atoms with Gasteiger partial charge in [0.1, 0.15) is 0 Å². The fourth-order valence-electron chi connectivity index (χ4n) is 3.69. The van der Waals surface area contributed by atoms with Crippen LogP contribution in [-0.2, 0) is 32.2 Å². The van der Waals surface area contributed by atoms with Gasteiger partial charge in [-0.05, 0) is 32.4 Å². The maximum absolute atomic E-state index is 10.6. The smallest absolute Gasteiger partial charge is 0.475 e. The topological polar surface area (TPSA) is 109 Å². The highest BCUT2D eigenvalue weighted by atomic mass is 32.1. The largest absolute Gasteiger partial charge is 0.490 e. The Balaban J connectivity index is 0.000000301. The summed E-state index contributed by atoms with van der Waals surface area (Å²) in [5.74, 6) is -5.51. The summed E-state index contributed by atoms with van der Waals surface area (Å²) in [7, 11) is 0. The van der Waals surface area contributed by atoms with Gasteiger partial charge in [-0.25, -0.2) is 14.6 Å². The van der Waals surface area contributed by atoms with Crippen LogP contribution in [0.5, 0.6) is 0 Å². The molecule has 38 heavy (non-hydrogen) atoms. The van der Waals surface area contributed by atoms with Crippen LogP contribution in [0.1, 0.15) is 33.3 Å². The van der Waals surface area contributed by atoms with E-state index in [1.165, 1.54) is 9.75 Å². The van der Waals surface area contributed by atoms with E-state index in [1.807, 2.05) is 18.3 Å². The van der Waals surface area contributed by atoms with Gasteiger partial charge in [0.05, 0.1) is 29.0 Å². The molecule has 1 atom stereocenters. The van der Waals surface area contributed by atoms with Crippen LogP contribution in [0.2, 0.25) is 0 Å². The van der Waals surface area contributed by atoms with Crippen LogP contribution in [-0.4, -0.2) is 75.8 Å². The predicted molar refractivity (Wildman–Crippen MR) is 125 cm³/mol. The highest BCUT2D eigenvalue weighted by molar-refractivity contribution is 7.11. The molecule has 214 valence electrons. The lowest BCUT2D eigenvalue weighted by Crippen LogP contribution is -2.65. The second-order valence-corrected chi connectivity index (χ2v) is 11.0. The van der Waals surface area contributed by atoms with E-state index < -0.39 is 24.3 Å². The van der Waals surface area contributed by atoms with Crippen molar-refractivity contribution in [1.29, 1.82) is 0 Å². The normalized spacial score (nSPS) is 19.0. The zero-order chi connectivity index (χ0) is 28.7. The number of alkyl halides is 6. The van der Waals surface area contributed by atoms with Crippen LogP contribution in [0.25, 0.3) is 0 Å². The molecule has 16 heteroatoms. The molecule has 2 saturated heterocycles. The van der Waals surface area contributed by atoms with Gasteiger partial charge in [-0.15, -0.1) is 22.7 Å². The Bertz CT molecular complexity index is 1040. The number of aryl methyl sites for hydroxylation is 2. The van der Waals surface area contributed by atoms with E-state index in [4.69, 9.17) is 29.3 Å². The number of hydrogen-bond donors (Lipinski definition) is 2. The summed E-state index contributed by atoms with van der Waals surface area (Å²) in [5.41, 5.74) is 1.08. The second-order valence-electron chi connectivity index (χ2n) is 8.58. The zero-order valence-electron chi connectivity index (χ0n) is 20.3. The molecule has 2 aromatic heterocycles. The molecule has 4 heterocycles. The number of aliphatic carboxylic acids is 2. The number of thiophene rings is 1. The Hall–Kier alpha value is -2.27. The van der Waals surface area contributed by atoms with Crippen molar-refractivity contribution in [2.24, 2.45) is 0 Å². The number of carboxylic acids is 2. The minimum Gasteiger partial charge on any atom is -0.475 e. The van der Waals surface area contributed by atoms with Gasteiger partial charge in [0.2, 0.25) is 0 Å². The minimum absolute atomic E-state index is 0.0210. The zero-order valence-corrected chi connectivity index (χ0v) is 21.9. The van der Waals surface area contributed by atoms with E-state index in [1.54, 1.807) is 11.3 Å². The van der Waals surface area contributed by atoms with Gasteiger partial charge in [0.15, 0.2) is 0 Å². The molecule has 2 aliphatic heterocycles. The van der Waals surface area contributed by atoms with Crippen molar-refractivity contribution in [3.05, 3.63) is 38.0 Å². The van der Waals surface area contributed by atoms with Crippen molar-refractivity contribution >= 4 is 34.6 Å². The highest BCUT2D eigenvalue weighted by Gasteiger charge is 2.47. The molecular formula is C22H26F6N2O6S2. The molecule has 0 saturated carbocycles. The number of likely N-dealkylation sites (tertiary alicyclic amines) is 1. The van der Waals surface area contributed by atoms with Crippen molar-refractivity contribution in [3.63, 3.8) is 0 Å². The number of nitrogens with zero attached hydrogens (tertiary/aromatic N) is 2. The van der Waals surface area contributed by atoms with Crippen LogP contribution in [0.3, 0.4) is 0 Å². The van der Waals surface area contributed by atoms with Crippen LogP contribution < -0.4 is 0 Å². The van der Waals surface area contributed by atoms with Crippen LogP contribution in [0, 0.1) is 13.8 Å². The quantitative estimate of drug-likeness (QED) is 0.465. The summed E-state index contributed by atoms with van der Waals surface area (Å²) in [6.45, 7) is 8.75. The molecule has 1 unspecified atom stereocenters. The van der Waals surface area contributed by atoms with Crippen molar-refractivity contribution in [2.75, 3.05) is 19.7 Å². The Kier molecular flexibility index (Phi) is 11.1. The molecule has 2 aromatic rings. The molecule has 0 amide bonds. The summed E-state index contributed by atoms with van der Waals surface area (Å²) < 4.78 is 75.7. The minimum atomic E-state index is -5.08. The van der Waals surface area contributed by atoms with E-state index in [0.29, 0.717) is 12.7 Å². The third-order valence-electron chi connectivity index (χ3n) is 5.27. The number of carbonyl (C=O) groups is 2. The molecule has 0 aliphatic carbocycles. The molecule has 0 bridgehead atoms. The first-order valence-corrected chi connectivity index (χ1v) is 12.7. The first-order chi connectivity index (χ1) is 17.5. The van der Waals surface area contributed by atoms with E-state index in [2.05, 4.69) is 34.3 Å². The number of halogens is 6. The van der Waals surface area contributed by atoms with Gasteiger partial charge < -0.3 is 19.7 Å². The van der Waals surface area contributed by atoms with E-state index in [-0.39, 0.29) is 5.60 Å². The standard InChI is InChI=1S/C18H24N2O2S2.2C2HF3O2/c1-13-3-4-17(24-13)8-20-11-18(12-20)7-16(5-6-22-18)21-9-15-10-23-14(2)19-15;2*3-2(4,5)1(6)7/h3-4,10,16H,5-9,11-12H2,1-2H3;2*(H,6,7). The van der Waals surface area contributed by atoms with Crippen molar-refractivity contribution < 1.29 is 55.6 Å². The summed E-state index contributed by atoms with van der Waals surface area (Å²) >= 11 is 3.58. The fourth-order valence-corrected chi connectivity index (χ4v) is 5.22. The number of thiazole rings is 1. The highest BCUT2D eigenvalue weighted by Crippen LogP contribution is 2.37. The molecule has 1 spiro atoms. The molecule has 4 rings (SSSR count). The molecule has 8 nitrogen and oxygen atoms in total. The second kappa shape index (κ2) is 13.2. The molecular weight excluding hydrogens is 566 g/mol. The van der Waals surface area contributed by atoms with E-state index in [9.17, 15) is 26.3 Å². The Morgan fingerprint density at radius 1 is 1.13 bits per heavy atom. The van der Waals surface area contributed by atoms with Gasteiger partial charge in [0.25, 0.3) is 0 Å². The van der Waals surface area contributed by atoms with Gasteiger partial charge in [-0.3, -0.25) is 4.90 Å². The predicted octanol–water partition coefficient (Wildman–Crippen LogP) is 5.04.